The number of carbonyl (C=O) groups excluding carboxylic acids is 3. The van der Waals surface area contributed by atoms with E-state index in [9.17, 15) is 29.2 Å². The second kappa shape index (κ2) is 12.3. The van der Waals surface area contributed by atoms with Crippen molar-refractivity contribution in [3.8, 4) is 0 Å². The number of anilines is 1. The molecular weight excluding hydrogens is 568 g/mol. The molecule has 1 unspecified atom stereocenters. The number of amides is 3. The number of aromatic nitrogens is 1. The van der Waals surface area contributed by atoms with Gasteiger partial charge in [0.2, 0.25) is 12.0 Å². The van der Waals surface area contributed by atoms with Crippen LogP contribution in [0.5, 0.6) is 0 Å². The second-order valence-electron chi connectivity index (χ2n) is 8.57. The summed E-state index contributed by atoms with van der Waals surface area (Å²) < 4.78 is 4.98. The van der Waals surface area contributed by atoms with E-state index in [2.05, 4.69) is 25.7 Å². The summed E-state index contributed by atoms with van der Waals surface area (Å²) in [4.78, 5) is 68.9. The number of nitroso groups, excluding NO2 is 1. The van der Waals surface area contributed by atoms with Crippen molar-refractivity contribution in [1.29, 1.82) is 0 Å². The SMILES string of the molecule is CCOC(=O)N1CCN(C(N)=NN=CC2=C(C(=O)O)N3C(=O)[C@@H](NC(=O)C(N=O)c4csc(N)n4)[C@H]3SC2)CC1. The molecule has 2 saturated heterocycles. The van der Waals surface area contributed by atoms with Gasteiger partial charge in [-0.3, -0.25) is 14.5 Å². The predicted octanol–water partition coefficient (Wildman–Crippen LogP) is -0.654. The van der Waals surface area contributed by atoms with Crippen molar-refractivity contribution in [2.45, 2.75) is 24.4 Å². The molecule has 2 fully saturated rings. The Bertz CT molecular complexity index is 1290. The molecule has 40 heavy (non-hydrogen) atoms. The number of carboxylic acid groups (broad SMARTS) is 1. The molecule has 3 aliphatic rings. The Morgan fingerprint density at radius 2 is 2.00 bits per heavy atom. The summed E-state index contributed by atoms with van der Waals surface area (Å²) >= 11 is 2.24. The third kappa shape index (κ3) is 5.83. The molecule has 0 spiro atoms. The van der Waals surface area contributed by atoms with Crippen LogP contribution in [-0.2, 0) is 19.1 Å². The van der Waals surface area contributed by atoms with Gasteiger partial charge in [0.05, 0.1) is 18.5 Å². The molecule has 0 bridgehead atoms. The average molecular weight is 595 g/mol. The summed E-state index contributed by atoms with van der Waals surface area (Å²) in [6.45, 7) is 3.62. The third-order valence-electron chi connectivity index (χ3n) is 6.18. The molecule has 3 atom stereocenters. The van der Waals surface area contributed by atoms with Crippen molar-refractivity contribution in [2.75, 3.05) is 44.3 Å². The number of guanidine groups is 1. The number of nitrogens with one attached hydrogen (secondary N) is 1. The Hall–Kier alpha value is -4.26. The highest BCUT2D eigenvalue weighted by Crippen LogP contribution is 2.40. The summed E-state index contributed by atoms with van der Waals surface area (Å²) in [5.41, 5.74) is 11.5. The van der Waals surface area contributed by atoms with Crippen molar-refractivity contribution in [3.63, 3.8) is 0 Å². The third-order valence-corrected chi connectivity index (χ3v) is 8.17. The van der Waals surface area contributed by atoms with Gasteiger partial charge in [-0.05, 0) is 12.1 Å². The first-order chi connectivity index (χ1) is 19.2. The molecule has 0 radical (unpaired) electrons. The molecule has 4 heterocycles. The lowest BCUT2D eigenvalue weighted by atomic mass is 10.0. The second-order valence-corrected chi connectivity index (χ2v) is 10.6. The molecule has 1 aromatic rings. The van der Waals surface area contributed by atoms with Gasteiger partial charge in [0.1, 0.15) is 17.1 Å². The van der Waals surface area contributed by atoms with Crippen LogP contribution in [0.4, 0.5) is 9.93 Å². The van der Waals surface area contributed by atoms with Gasteiger partial charge in [-0.1, -0.05) is 0 Å². The molecule has 4 rings (SSSR count). The molecule has 3 amide bonds. The zero-order valence-electron chi connectivity index (χ0n) is 21.1. The number of nitrogen functional groups attached to an aromatic ring is 1. The number of thiazole rings is 1. The number of carboxylic acids is 1. The fourth-order valence-corrected chi connectivity index (χ4v) is 6.07. The first-order valence-corrected chi connectivity index (χ1v) is 13.9. The number of ether oxygens (including phenoxy) is 1. The van der Waals surface area contributed by atoms with E-state index in [1.165, 1.54) is 23.4 Å². The number of hydrogen-bond donors (Lipinski definition) is 4. The maximum atomic E-state index is 12.9. The monoisotopic (exact) mass is 594 g/mol. The van der Waals surface area contributed by atoms with Crippen LogP contribution in [0.1, 0.15) is 18.7 Å². The van der Waals surface area contributed by atoms with Gasteiger partial charge in [0.15, 0.2) is 5.13 Å². The summed E-state index contributed by atoms with van der Waals surface area (Å²) in [6.07, 6.45) is 0.816. The molecular formula is C21H26N10O7S2. The summed E-state index contributed by atoms with van der Waals surface area (Å²) in [6, 6.07) is -2.56. The van der Waals surface area contributed by atoms with E-state index >= 15 is 0 Å². The molecule has 6 N–H and O–H groups in total. The minimum Gasteiger partial charge on any atom is -0.477 e. The topological polar surface area (TPSA) is 239 Å². The quantitative estimate of drug-likeness (QED) is 0.0965. The molecule has 17 nitrogen and oxygen atoms in total. The van der Waals surface area contributed by atoms with Crippen LogP contribution >= 0.6 is 23.1 Å². The predicted molar refractivity (Wildman–Crippen MR) is 145 cm³/mol. The standard InChI is InChI=1S/C21H26N10O7S2/c1-2-38-21(36)30-5-3-29(4-6-30)19(22)27-24-7-10-8-39-17-13(16(33)31(17)14(10)18(34)35)26-15(32)12(28-37)11-9-40-20(23)25-11/h7,9,12-13,17H,2-6,8H2,1H3,(H2,22,27)(H2,23,25)(H,26,32)(H,34,35)/t12?,13-,17-/m1/s1. The van der Waals surface area contributed by atoms with E-state index < -0.39 is 41.3 Å². The van der Waals surface area contributed by atoms with Crippen LogP contribution in [0.25, 0.3) is 0 Å². The van der Waals surface area contributed by atoms with Gasteiger partial charge < -0.3 is 36.4 Å². The zero-order chi connectivity index (χ0) is 29.0. The van der Waals surface area contributed by atoms with Crippen LogP contribution in [0.2, 0.25) is 0 Å². The van der Waals surface area contributed by atoms with Crippen LogP contribution < -0.4 is 16.8 Å². The Kier molecular flexibility index (Phi) is 8.83. The number of aliphatic carboxylic acids is 1. The molecule has 214 valence electrons. The Balaban J connectivity index is 1.40. The van der Waals surface area contributed by atoms with Crippen molar-refractivity contribution in [1.82, 2.24) is 25.0 Å². The van der Waals surface area contributed by atoms with E-state index in [1.54, 1.807) is 16.7 Å². The van der Waals surface area contributed by atoms with Crippen LogP contribution in [0, 0.1) is 4.91 Å². The number of β-lactam (4-membered cyclic amide) rings is 1. The van der Waals surface area contributed by atoms with Crippen molar-refractivity contribution < 1.29 is 29.0 Å². The molecule has 0 saturated carbocycles. The smallest absolute Gasteiger partial charge is 0.409 e. The average Bonchev–Trinajstić information content (AvgIpc) is 3.37. The van der Waals surface area contributed by atoms with Gasteiger partial charge in [-0.2, -0.15) is 5.10 Å². The normalized spacial score (nSPS) is 22.1. The number of hydrogen-bond acceptors (Lipinski definition) is 13. The lowest BCUT2D eigenvalue weighted by Gasteiger charge is -2.49. The van der Waals surface area contributed by atoms with Crippen LogP contribution in [0.3, 0.4) is 0 Å². The molecule has 19 heteroatoms. The van der Waals surface area contributed by atoms with E-state index in [1.807, 2.05) is 0 Å². The first-order valence-electron chi connectivity index (χ1n) is 11.9. The van der Waals surface area contributed by atoms with Gasteiger partial charge in [0.25, 0.3) is 11.8 Å². The number of rotatable bonds is 8. The van der Waals surface area contributed by atoms with Crippen LogP contribution in [-0.4, -0.2) is 111 Å². The number of carbonyl (C=O) groups is 4. The fourth-order valence-electron chi connectivity index (χ4n) is 4.19. The number of nitrogens with two attached hydrogens (primary N) is 2. The lowest BCUT2D eigenvalue weighted by Crippen LogP contribution is -2.70. The maximum absolute atomic E-state index is 12.9. The number of thioether (sulfide) groups is 1. The number of fused-ring (bicyclic) bond motifs is 1. The fraction of sp³-hybridized carbons (Fsp3) is 0.476. The van der Waals surface area contributed by atoms with Crippen LogP contribution in [0.15, 0.2) is 32.0 Å². The Morgan fingerprint density at radius 1 is 1.30 bits per heavy atom. The number of nitrogens with zero attached hydrogens (tertiary/aromatic N) is 7. The Morgan fingerprint density at radius 3 is 2.60 bits per heavy atom. The van der Waals surface area contributed by atoms with Crippen molar-refractivity contribution >= 4 is 64.3 Å². The van der Waals surface area contributed by atoms with E-state index in [0.29, 0.717) is 26.2 Å². The zero-order valence-corrected chi connectivity index (χ0v) is 22.8. The van der Waals surface area contributed by atoms with Crippen molar-refractivity contribution in [2.24, 2.45) is 21.1 Å². The summed E-state index contributed by atoms with van der Waals surface area (Å²) in [5, 5.41) is 23.8. The summed E-state index contributed by atoms with van der Waals surface area (Å²) in [5.74, 6) is -2.64. The molecule has 1 aromatic heterocycles. The largest absolute Gasteiger partial charge is 0.477 e. The molecule has 0 aliphatic carbocycles. The molecule has 0 aromatic carbocycles. The maximum Gasteiger partial charge on any atom is 0.409 e. The van der Waals surface area contributed by atoms with Gasteiger partial charge in [-0.15, -0.1) is 33.1 Å². The minimum atomic E-state index is -1.50. The number of piperazine rings is 1. The lowest BCUT2D eigenvalue weighted by molar-refractivity contribution is -0.150. The minimum absolute atomic E-state index is 0.0558. The highest BCUT2D eigenvalue weighted by atomic mass is 32.2. The highest BCUT2D eigenvalue weighted by molar-refractivity contribution is 8.00. The van der Waals surface area contributed by atoms with Gasteiger partial charge >= 0.3 is 12.1 Å². The van der Waals surface area contributed by atoms with E-state index in [-0.39, 0.29) is 40.4 Å². The summed E-state index contributed by atoms with van der Waals surface area (Å²) in [7, 11) is 0. The van der Waals surface area contributed by atoms with Gasteiger partial charge in [0, 0.05) is 42.9 Å². The van der Waals surface area contributed by atoms with E-state index in [4.69, 9.17) is 16.2 Å². The Labute approximate surface area is 235 Å². The molecule has 3 aliphatic heterocycles. The van der Waals surface area contributed by atoms with E-state index in [0.717, 1.165) is 16.2 Å². The first kappa shape index (κ1) is 28.7. The van der Waals surface area contributed by atoms with Gasteiger partial charge in [-0.25, -0.2) is 14.6 Å². The van der Waals surface area contributed by atoms with Crippen molar-refractivity contribution in [3.05, 3.63) is 27.3 Å². The highest BCUT2D eigenvalue weighted by Gasteiger charge is 2.54.